The Balaban J connectivity index is 2.43. The molecule has 0 aliphatic carbocycles. The molecule has 110 valence electrons. The number of hydrogen-bond donors (Lipinski definition) is 2. The van der Waals surface area contributed by atoms with Crippen LogP contribution in [-0.2, 0) is 6.54 Å². The van der Waals surface area contributed by atoms with E-state index in [2.05, 4.69) is 60.3 Å². The van der Waals surface area contributed by atoms with E-state index in [4.69, 9.17) is 0 Å². The first kappa shape index (κ1) is 16.6. The number of benzene rings is 1. The SMILES string of the molecule is C=CCSCCNC(=NCc1cccc(C)c1)NCC. The average molecular weight is 291 g/mol. The molecule has 0 bridgehead atoms. The molecule has 1 aromatic carbocycles. The van der Waals surface area contributed by atoms with Crippen molar-refractivity contribution in [1.82, 2.24) is 10.6 Å². The van der Waals surface area contributed by atoms with E-state index in [0.717, 1.165) is 30.6 Å². The van der Waals surface area contributed by atoms with Crippen molar-refractivity contribution in [3.8, 4) is 0 Å². The van der Waals surface area contributed by atoms with Crippen molar-refractivity contribution in [2.75, 3.05) is 24.6 Å². The molecule has 0 aliphatic rings. The molecule has 0 aliphatic heterocycles. The zero-order valence-corrected chi connectivity index (χ0v) is 13.3. The van der Waals surface area contributed by atoms with Crippen molar-refractivity contribution in [2.45, 2.75) is 20.4 Å². The minimum Gasteiger partial charge on any atom is -0.357 e. The van der Waals surface area contributed by atoms with Gasteiger partial charge in [-0.1, -0.05) is 35.9 Å². The molecule has 0 amide bonds. The Kier molecular flexibility index (Phi) is 8.63. The molecule has 0 unspecified atom stereocenters. The molecular weight excluding hydrogens is 266 g/mol. The second-order valence-corrected chi connectivity index (χ2v) is 5.62. The van der Waals surface area contributed by atoms with Crippen LogP contribution in [0.4, 0.5) is 0 Å². The second kappa shape index (κ2) is 10.4. The van der Waals surface area contributed by atoms with Gasteiger partial charge in [0.05, 0.1) is 6.54 Å². The van der Waals surface area contributed by atoms with Crippen molar-refractivity contribution in [3.05, 3.63) is 48.0 Å². The molecule has 0 saturated carbocycles. The minimum atomic E-state index is 0.705. The van der Waals surface area contributed by atoms with Crippen LogP contribution < -0.4 is 10.6 Å². The monoisotopic (exact) mass is 291 g/mol. The van der Waals surface area contributed by atoms with E-state index in [0.29, 0.717) is 6.54 Å². The summed E-state index contributed by atoms with van der Waals surface area (Å²) in [6, 6.07) is 8.47. The third-order valence-corrected chi connectivity index (χ3v) is 3.59. The maximum absolute atomic E-state index is 4.61. The number of guanidine groups is 1. The van der Waals surface area contributed by atoms with Gasteiger partial charge < -0.3 is 10.6 Å². The third-order valence-electron chi connectivity index (χ3n) is 2.62. The van der Waals surface area contributed by atoms with E-state index in [1.54, 1.807) is 0 Å². The molecule has 1 aromatic rings. The molecule has 0 atom stereocenters. The van der Waals surface area contributed by atoms with Crippen LogP contribution in [0.3, 0.4) is 0 Å². The van der Waals surface area contributed by atoms with E-state index in [9.17, 15) is 0 Å². The first-order chi connectivity index (χ1) is 9.76. The van der Waals surface area contributed by atoms with Crippen LogP contribution in [-0.4, -0.2) is 30.6 Å². The predicted molar refractivity (Wildman–Crippen MR) is 91.5 cm³/mol. The summed E-state index contributed by atoms with van der Waals surface area (Å²) in [6.45, 7) is 10.4. The van der Waals surface area contributed by atoms with Gasteiger partial charge in [0, 0.05) is 24.6 Å². The van der Waals surface area contributed by atoms with Crippen LogP contribution in [0.2, 0.25) is 0 Å². The highest BCUT2D eigenvalue weighted by Gasteiger charge is 1.97. The van der Waals surface area contributed by atoms with Gasteiger partial charge in [-0.25, -0.2) is 4.99 Å². The van der Waals surface area contributed by atoms with Gasteiger partial charge in [0.25, 0.3) is 0 Å². The fourth-order valence-electron chi connectivity index (χ4n) is 1.73. The van der Waals surface area contributed by atoms with Crippen LogP contribution in [0.1, 0.15) is 18.1 Å². The van der Waals surface area contributed by atoms with Crippen LogP contribution in [0, 0.1) is 6.92 Å². The van der Waals surface area contributed by atoms with Crippen molar-refractivity contribution < 1.29 is 0 Å². The van der Waals surface area contributed by atoms with Gasteiger partial charge in [-0.2, -0.15) is 11.8 Å². The molecular formula is C16H25N3S. The highest BCUT2D eigenvalue weighted by atomic mass is 32.2. The van der Waals surface area contributed by atoms with Gasteiger partial charge >= 0.3 is 0 Å². The Morgan fingerprint density at radius 3 is 2.95 bits per heavy atom. The first-order valence-electron chi connectivity index (χ1n) is 7.02. The fraction of sp³-hybridized carbons (Fsp3) is 0.438. The minimum absolute atomic E-state index is 0.705. The first-order valence-corrected chi connectivity index (χ1v) is 8.18. The van der Waals surface area contributed by atoms with Crippen LogP contribution in [0.25, 0.3) is 0 Å². The molecule has 4 heteroatoms. The lowest BCUT2D eigenvalue weighted by atomic mass is 10.1. The number of thioether (sulfide) groups is 1. The summed E-state index contributed by atoms with van der Waals surface area (Å²) in [5.41, 5.74) is 2.51. The average Bonchev–Trinajstić information content (AvgIpc) is 2.44. The number of aliphatic imine (C=N–C) groups is 1. The Morgan fingerprint density at radius 1 is 1.40 bits per heavy atom. The van der Waals surface area contributed by atoms with Gasteiger partial charge in [-0.15, -0.1) is 6.58 Å². The highest BCUT2D eigenvalue weighted by Crippen LogP contribution is 2.05. The molecule has 1 rings (SSSR count). The predicted octanol–water partition coefficient (Wildman–Crippen LogP) is 2.97. The normalized spacial score (nSPS) is 11.2. The molecule has 0 heterocycles. The third kappa shape index (κ3) is 7.24. The number of hydrogen-bond acceptors (Lipinski definition) is 2. The lowest BCUT2D eigenvalue weighted by molar-refractivity contribution is 0.843. The molecule has 2 N–H and O–H groups in total. The smallest absolute Gasteiger partial charge is 0.191 e. The van der Waals surface area contributed by atoms with Crippen molar-refractivity contribution >= 4 is 17.7 Å². The summed E-state index contributed by atoms with van der Waals surface area (Å²) < 4.78 is 0. The molecule has 20 heavy (non-hydrogen) atoms. The molecule has 0 spiro atoms. The number of nitrogens with one attached hydrogen (secondary N) is 2. The van der Waals surface area contributed by atoms with E-state index in [-0.39, 0.29) is 0 Å². The summed E-state index contributed by atoms with van der Waals surface area (Å²) in [5.74, 6) is 2.94. The van der Waals surface area contributed by atoms with Crippen LogP contribution >= 0.6 is 11.8 Å². The molecule has 3 nitrogen and oxygen atoms in total. The largest absolute Gasteiger partial charge is 0.357 e. The van der Waals surface area contributed by atoms with Gasteiger partial charge in [-0.3, -0.25) is 0 Å². The Labute approximate surface area is 127 Å². The number of rotatable bonds is 8. The Hall–Kier alpha value is -1.42. The topological polar surface area (TPSA) is 36.4 Å². The van der Waals surface area contributed by atoms with E-state index in [1.165, 1.54) is 11.1 Å². The Bertz CT molecular complexity index is 429. The lowest BCUT2D eigenvalue weighted by Gasteiger charge is -2.11. The summed E-state index contributed by atoms with van der Waals surface area (Å²) in [4.78, 5) is 4.61. The van der Waals surface area contributed by atoms with E-state index < -0.39 is 0 Å². The maximum Gasteiger partial charge on any atom is 0.191 e. The van der Waals surface area contributed by atoms with Crippen molar-refractivity contribution in [1.29, 1.82) is 0 Å². The quantitative estimate of drug-likeness (QED) is 0.335. The van der Waals surface area contributed by atoms with Crippen LogP contribution in [0.15, 0.2) is 41.9 Å². The second-order valence-electron chi connectivity index (χ2n) is 4.47. The van der Waals surface area contributed by atoms with Gasteiger partial charge in [0.1, 0.15) is 0 Å². The summed E-state index contributed by atoms with van der Waals surface area (Å²) in [6.07, 6.45) is 1.93. The van der Waals surface area contributed by atoms with E-state index in [1.807, 2.05) is 17.8 Å². The summed E-state index contributed by atoms with van der Waals surface area (Å²) >= 11 is 1.87. The number of nitrogens with zero attached hydrogens (tertiary/aromatic N) is 1. The van der Waals surface area contributed by atoms with Gasteiger partial charge in [0.2, 0.25) is 0 Å². The molecule has 0 radical (unpaired) electrons. The summed E-state index contributed by atoms with van der Waals surface area (Å²) in [5, 5.41) is 6.62. The van der Waals surface area contributed by atoms with Gasteiger partial charge in [-0.05, 0) is 19.4 Å². The Morgan fingerprint density at radius 2 is 2.25 bits per heavy atom. The zero-order valence-electron chi connectivity index (χ0n) is 12.5. The molecule has 0 aromatic heterocycles. The van der Waals surface area contributed by atoms with Crippen molar-refractivity contribution in [2.24, 2.45) is 4.99 Å². The zero-order chi connectivity index (χ0) is 14.6. The van der Waals surface area contributed by atoms with Crippen molar-refractivity contribution in [3.63, 3.8) is 0 Å². The molecule has 0 saturated heterocycles. The maximum atomic E-state index is 4.61. The number of aryl methyl sites for hydroxylation is 1. The van der Waals surface area contributed by atoms with E-state index >= 15 is 0 Å². The van der Waals surface area contributed by atoms with Crippen LogP contribution in [0.5, 0.6) is 0 Å². The lowest BCUT2D eigenvalue weighted by Crippen LogP contribution is -2.38. The highest BCUT2D eigenvalue weighted by molar-refractivity contribution is 7.99. The fourth-order valence-corrected chi connectivity index (χ4v) is 2.31. The standard InChI is InChI=1S/C16H25N3S/c1-4-10-20-11-9-18-16(17-5-2)19-13-15-8-6-7-14(3)12-15/h4,6-8,12H,1,5,9-11,13H2,2-3H3,(H2,17,18,19). The summed E-state index contributed by atoms with van der Waals surface area (Å²) in [7, 11) is 0. The molecule has 0 fully saturated rings. The van der Waals surface area contributed by atoms with Gasteiger partial charge in [0.15, 0.2) is 5.96 Å².